The van der Waals surface area contributed by atoms with Gasteiger partial charge in [0.1, 0.15) is 0 Å². The third kappa shape index (κ3) is 2.29. The van der Waals surface area contributed by atoms with Crippen molar-refractivity contribution < 1.29 is 13.9 Å². The van der Waals surface area contributed by atoms with Crippen LogP contribution < -0.4 is 10.5 Å². The topological polar surface area (TPSA) is 52.3 Å². The Labute approximate surface area is 81.7 Å². The van der Waals surface area contributed by atoms with E-state index in [0.717, 1.165) is 6.07 Å². The van der Waals surface area contributed by atoms with Crippen molar-refractivity contribution in [3.8, 4) is 5.75 Å². The van der Waals surface area contributed by atoms with Gasteiger partial charge < -0.3 is 10.5 Å². The molecule has 0 radical (unpaired) electrons. The molecule has 1 aromatic rings. The van der Waals surface area contributed by atoms with Crippen LogP contribution in [0, 0.1) is 5.82 Å². The number of nitrogens with two attached hydrogens (primary N) is 1. The Morgan fingerprint density at radius 3 is 2.79 bits per heavy atom. The van der Waals surface area contributed by atoms with Crippen molar-refractivity contribution in [2.24, 2.45) is 5.73 Å². The molecule has 0 heterocycles. The van der Waals surface area contributed by atoms with E-state index in [9.17, 15) is 9.18 Å². The quantitative estimate of drug-likeness (QED) is 0.741. The van der Waals surface area contributed by atoms with Gasteiger partial charge in [-0.3, -0.25) is 4.79 Å². The van der Waals surface area contributed by atoms with Gasteiger partial charge in [0.15, 0.2) is 17.3 Å². The van der Waals surface area contributed by atoms with Gasteiger partial charge in [-0.15, -0.1) is 0 Å². The Balaban J connectivity index is 2.94. The molecule has 0 atom stereocenters. The highest BCUT2D eigenvalue weighted by Crippen LogP contribution is 2.18. The molecule has 0 fully saturated rings. The van der Waals surface area contributed by atoms with Gasteiger partial charge in [-0.2, -0.15) is 0 Å². The van der Waals surface area contributed by atoms with E-state index in [1.165, 1.54) is 12.1 Å². The SMILES string of the molecule is CCOc1ccc(C(=O)CN)cc1F. The average Bonchev–Trinajstić information content (AvgIpc) is 2.20. The highest BCUT2D eigenvalue weighted by molar-refractivity contribution is 5.97. The number of hydrogen-bond acceptors (Lipinski definition) is 3. The lowest BCUT2D eigenvalue weighted by Gasteiger charge is -2.05. The van der Waals surface area contributed by atoms with E-state index in [1.54, 1.807) is 6.92 Å². The number of hydrogen-bond donors (Lipinski definition) is 1. The predicted octanol–water partition coefficient (Wildman–Crippen LogP) is 1.37. The average molecular weight is 197 g/mol. The number of ether oxygens (including phenoxy) is 1. The lowest BCUT2D eigenvalue weighted by molar-refractivity contribution is 0.100. The number of rotatable bonds is 4. The number of Topliss-reactive ketones (excluding diaryl/α,β-unsaturated/α-hetero) is 1. The first-order valence-electron chi connectivity index (χ1n) is 4.34. The molecule has 0 aromatic heterocycles. The van der Waals surface area contributed by atoms with Crippen LogP contribution in [-0.2, 0) is 0 Å². The normalized spacial score (nSPS) is 9.93. The van der Waals surface area contributed by atoms with E-state index in [-0.39, 0.29) is 23.6 Å². The van der Waals surface area contributed by atoms with Crippen LogP contribution in [-0.4, -0.2) is 18.9 Å². The molecule has 0 aliphatic heterocycles. The van der Waals surface area contributed by atoms with Crippen LogP contribution in [0.3, 0.4) is 0 Å². The van der Waals surface area contributed by atoms with Crippen LogP contribution in [0.5, 0.6) is 5.75 Å². The zero-order valence-electron chi connectivity index (χ0n) is 7.92. The second-order valence-electron chi connectivity index (χ2n) is 2.71. The molecule has 3 nitrogen and oxygen atoms in total. The zero-order chi connectivity index (χ0) is 10.6. The van der Waals surface area contributed by atoms with E-state index in [0.29, 0.717) is 6.61 Å². The largest absolute Gasteiger partial charge is 0.491 e. The summed E-state index contributed by atoms with van der Waals surface area (Å²) in [6.45, 7) is 2.03. The summed E-state index contributed by atoms with van der Waals surface area (Å²) in [5, 5.41) is 0. The Morgan fingerprint density at radius 2 is 2.29 bits per heavy atom. The minimum absolute atomic E-state index is 0.118. The van der Waals surface area contributed by atoms with Crippen LogP contribution in [0.2, 0.25) is 0 Å². The smallest absolute Gasteiger partial charge is 0.176 e. The van der Waals surface area contributed by atoms with Crippen LogP contribution >= 0.6 is 0 Å². The van der Waals surface area contributed by atoms with Crippen LogP contribution in [0.4, 0.5) is 4.39 Å². The molecule has 1 rings (SSSR count). The highest BCUT2D eigenvalue weighted by atomic mass is 19.1. The van der Waals surface area contributed by atoms with Gasteiger partial charge in [0.2, 0.25) is 0 Å². The molecule has 4 heteroatoms. The summed E-state index contributed by atoms with van der Waals surface area (Å²) in [6, 6.07) is 4.07. The van der Waals surface area contributed by atoms with Crippen LogP contribution in [0.1, 0.15) is 17.3 Å². The molecule has 0 amide bonds. The molecule has 0 aliphatic rings. The summed E-state index contributed by atoms with van der Waals surface area (Å²) in [7, 11) is 0. The summed E-state index contributed by atoms with van der Waals surface area (Å²) in [5.74, 6) is -0.667. The second-order valence-corrected chi connectivity index (χ2v) is 2.71. The van der Waals surface area contributed by atoms with E-state index >= 15 is 0 Å². The maximum atomic E-state index is 13.2. The first-order chi connectivity index (χ1) is 6.69. The van der Waals surface area contributed by atoms with Gasteiger partial charge in [-0.05, 0) is 25.1 Å². The van der Waals surface area contributed by atoms with Gasteiger partial charge >= 0.3 is 0 Å². The minimum Gasteiger partial charge on any atom is -0.491 e. The first kappa shape index (κ1) is 10.7. The number of carbonyl (C=O) groups excluding carboxylic acids is 1. The van der Waals surface area contributed by atoms with Gasteiger partial charge in [-0.25, -0.2) is 4.39 Å². The van der Waals surface area contributed by atoms with E-state index in [2.05, 4.69) is 0 Å². The Bertz CT molecular complexity index is 339. The number of ketones is 1. The summed E-state index contributed by atoms with van der Waals surface area (Å²) >= 11 is 0. The second kappa shape index (κ2) is 4.72. The summed E-state index contributed by atoms with van der Waals surface area (Å²) in [5.41, 5.74) is 5.42. The molecule has 0 saturated heterocycles. The van der Waals surface area contributed by atoms with Crippen molar-refractivity contribution in [3.63, 3.8) is 0 Å². The molecule has 0 unspecified atom stereocenters. The van der Waals surface area contributed by atoms with Gasteiger partial charge in [0.05, 0.1) is 13.2 Å². The molecule has 2 N–H and O–H groups in total. The lowest BCUT2D eigenvalue weighted by atomic mass is 10.1. The maximum Gasteiger partial charge on any atom is 0.176 e. The predicted molar refractivity (Wildman–Crippen MR) is 51.0 cm³/mol. The summed E-state index contributed by atoms with van der Waals surface area (Å²) in [4.78, 5) is 11.1. The summed E-state index contributed by atoms with van der Waals surface area (Å²) in [6.07, 6.45) is 0. The number of carbonyl (C=O) groups is 1. The van der Waals surface area contributed by atoms with E-state index in [1.807, 2.05) is 0 Å². The van der Waals surface area contributed by atoms with Crippen molar-refractivity contribution in [2.45, 2.75) is 6.92 Å². The fourth-order valence-electron chi connectivity index (χ4n) is 1.06. The van der Waals surface area contributed by atoms with Crippen molar-refractivity contribution in [3.05, 3.63) is 29.6 Å². The fourth-order valence-corrected chi connectivity index (χ4v) is 1.06. The fraction of sp³-hybridized carbons (Fsp3) is 0.300. The monoisotopic (exact) mass is 197 g/mol. The molecule has 76 valence electrons. The van der Waals surface area contributed by atoms with Gasteiger partial charge in [0.25, 0.3) is 0 Å². The lowest BCUT2D eigenvalue weighted by Crippen LogP contribution is -2.13. The Morgan fingerprint density at radius 1 is 1.57 bits per heavy atom. The van der Waals surface area contributed by atoms with Crippen LogP contribution in [0.25, 0.3) is 0 Å². The van der Waals surface area contributed by atoms with Crippen molar-refractivity contribution in [1.29, 1.82) is 0 Å². The number of benzene rings is 1. The molecular formula is C10H12FNO2. The minimum atomic E-state index is -0.536. The van der Waals surface area contributed by atoms with E-state index in [4.69, 9.17) is 10.5 Å². The Hall–Kier alpha value is -1.42. The maximum absolute atomic E-state index is 13.2. The third-order valence-corrected chi connectivity index (χ3v) is 1.74. The highest BCUT2D eigenvalue weighted by Gasteiger charge is 2.08. The van der Waals surface area contributed by atoms with Gasteiger partial charge in [-0.1, -0.05) is 0 Å². The van der Waals surface area contributed by atoms with Gasteiger partial charge in [0, 0.05) is 5.56 Å². The molecule has 0 aliphatic carbocycles. The molecule has 1 aromatic carbocycles. The van der Waals surface area contributed by atoms with Crippen molar-refractivity contribution in [2.75, 3.05) is 13.2 Å². The third-order valence-electron chi connectivity index (χ3n) is 1.74. The van der Waals surface area contributed by atoms with Crippen LogP contribution in [0.15, 0.2) is 18.2 Å². The van der Waals surface area contributed by atoms with Crippen molar-refractivity contribution in [1.82, 2.24) is 0 Å². The van der Waals surface area contributed by atoms with Crippen molar-refractivity contribution >= 4 is 5.78 Å². The molecule has 0 spiro atoms. The molecule has 14 heavy (non-hydrogen) atoms. The molecule has 0 bridgehead atoms. The molecule has 0 saturated carbocycles. The molecular weight excluding hydrogens is 185 g/mol. The van der Waals surface area contributed by atoms with E-state index < -0.39 is 5.82 Å². The number of halogens is 1. The zero-order valence-corrected chi connectivity index (χ0v) is 7.92. The Kier molecular flexibility index (Phi) is 3.59. The standard InChI is InChI=1S/C10H12FNO2/c1-2-14-10-4-3-7(5-8(10)11)9(13)6-12/h3-5H,2,6,12H2,1H3. The first-order valence-corrected chi connectivity index (χ1v) is 4.34. The summed E-state index contributed by atoms with van der Waals surface area (Å²) < 4.78 is 18.2.